The third kappa shape index (κ3) is 6.04. The molecule has 2 atom stereocenters. The van der Waals surface area contributed by atoms with E-state index in [2.05, 4.69) is 22.0 Å². The Labute approximate surface area is 217 Å². The minimum absolute atomic E-state index is 0.168. The number of hydrogen-bond acceptors (Lipinski definition) is 7. The number of fused-ring (bicyclic) bond motifs is 1. The maximum atomic E-state index is 12.7. The highest BCUT2D eigenvalue weighted by molar-refractivity contribution is 5.93. The van der Waals surface area contributed by atoms with Gasteiger partial charge in [-0.3, -0.25) is 9.63 Å². The van der Waals surface area contributed by atoms with Crippen LogP contribution in [0.15, 0.2) is 36.5 Å². The molecule has 2 unspecified atom stereocenters. The quantitative estimate of drug-likeness (QED) is 0.371. The number of nitrogens with zero attached hydrogens (tertiary/aromatic N) is 3. The minimum Gasteiger partial charge on any atom is -0.494 e. The maximum absolute atomic E-state index is 12.7. The lowest BCUT2D eigenvalue weighted by atomic mass is 9.90. The van der Waals surface area contributed by atoms with Crippen LogP contribution in [0, 0.1) is 18.3 Å². The Hall–Kier alpha value is -3.61. The molecule has 1 aliphatic carbocycles. The topological polar surface area (TPSA) is 127 Å². The molecule has 1 aliphatic rings. The lowest BCUT2D eigenvalue weighted by Crippen LogP contribution is -2.38. The number of hydroxylamine groups is 1. The number of carbonyl (C=O) groups excluding carboxylic acids is 1. The Kier molecular flexibility index (Phi) is 8.00. The minimum atomic E-state index is -0.761. The van der Waals surface area contributed by atoms with Crippen molar-refractivity contribution >= 4 is 17.1 Å². The summed E-state index contributed by atoms with van der Waals surface area (Å²) in [4.78, 5) is 18.6. The third-order valence-electron chi connectivity index (χ3n) is 6.83. The van der Waals surface area contributed by atoms with Gasteiger partial charge in [-0.1, -0.05) is 0 Å². The number of benzene rings is 1. The normalized spacial score (nSPS) is 17.8. The fourth-order valence-electron chi connectivity index (χ4n) is 4.94. The second-order valence-electron chi connectivity index (χ2n) is 10.3. The number of carbonyl (C=O) groups is 1. The molecule has 196 valence electrons. The summed E-state index contributed by atoms with van der Waals surface area (Å²) in [6, 6.07) is 11.5. The van der Waals surface area contributed by atoms with Crippen LogP contribution >= 0.6 is 0 Å². The number of amides is 1. The molecule has 0 spiro atoms. The van der Waals surface area contributed by atoms with Crippen molar-refractivity contribution in [3.05, 3.63) is 58.9 Å². The van der Waals surface area contributed by atoms with E-state index in [0.29, 0.717) is 29.9 Å². The first-order chi connectivity index (χ1) is 17.7. The van der Waals surface area contributed by atoms with E-state index in [-0.39, 0.29) is 18.0 Å². The van der Waals surface area contributed by atoms with Crippen LogP contribution in [0.4, 0.5) is 5.69 Å². The molecule has 1 amide bonds. The van der Waals surface area contributed by atoms with Gasteiger partial charge in [-0.15, -0.1) is 0 Å². The molecule has 1 aromatic carbocycles. The number of nitrogens with one attached hydrogen (secondary N) is 2. The van der Waals surface area contributed by atoms with E-state index in [9.17, 15) is 10.1 Å². The standard InChI is InChI=1S/C28H36N6O3/c1-5-36-22-11-9-19(10-12-22)27(35)33-37-28(3,4)16-25-18(2)26(32-21-8-6-7-20(30)15-21)23(17-29)24-13-14-31-34(24)25/h9-14,20-21,32H,5-8,15-16,30H2,1-4H3,(H,33,35). The van der Waals surface area contributed by atoms with E-state index in [1.54, 1.807) is 35.0 Å². The molecule has 1 saturated carbocycles. The highest BCUT2D eigenvalue weighted by Gasteiger charge is 2.28. The molecule has 1 fully saturated rings. The van der Waals surface area contributed by atoms with Crippen molar-refractivity contribution in [1.29, 1.82) is 5.26 Å². The number of anilines is 1. The number of nitrogens with two attached hydrogens (primary N) is 1. The zero-order valence-corrected chi connectivity index (χ0v) is 22.0. The molecule has 9 nitrogen and oxygen atoms in total. The molecular formula is C28H36N6O3. The Bertz CT molecular complexity index is 1290. The second kappa shape index (κ2) is 11.2. The van der Waals surface area contributed by atoms with E-state index in [0.717, 1.165) is 48.1 Å². The number of nitriles is 1. The molecule has 3 aromatic rings. The third-order valence-corrected chi connectivity index (χ3v) is 6.83. The van der Waals surface area contributed by atoms with Crippen molar-refractivity contribution in [2.24, 2.45) is 5.73 Å². The molecular weight excluding hydrogens is 468 g/mol. The highest BCUT2D eigenvalue weighted by atomic mass is 16.7. The molecule has 37 heavy (non-hydrogen) atoms. The van der Waals surface area contributed by atoms with Crippen LogP contribution in [0.1, 0.15) is 73.6 Å². The number of hydrogen-bond donors (Lipinski definition) is 3. The van der Waals surface area contributed by atoms with Crippen molar-refractivity contribution in [2.45, 2.75) is 77.5 Å². The van der Waals surface area contributed by atoms with Gasteiger partial charge in [-0.25, -0.2) is 10.00 Å². The predicted molar refractivity (Wildman–Crippen MR) is 142 cm³/mol. The Balaban J connectivity index is 1.55. The molecule has 0 saturated heterocycles. The average Bonchev–Trinajstić information content (AvgIpc) is 3.36. The summed E-state index contributed by atoms with van der Waals surface area (Å²) < 4.78 is 7.23. The van der Waals surface area contributed by atoms with Crippen LogP contribution in [0.2, 0.25) is 0 Å². The zero-order chi connectivity index (χ0) is 26.6. The second-order valence-corrected chi connectivity index (χ2v) is 10.3. The molecule has 4 N–H and O–H groups in total. The van der Waals surface area contributed by atoms with Crippen LogP contribution < -0.4 is 21.3 Å². The highest BCUT2D eigenvalue weighted by Crippen LogP contribution is 2.33. The smallest absolute Gasteiger partial charge is 0.274 e. The maximum Gasteiger partial charge on any atom is 0.274 e. The van der Waals surface area contributed by atoms with E-state index in [1.165, 1.54) is 0 Å². The number of aromatic nitrogens is 2. The lowest BCUT2D eigenvalue weighted by Gasteiger charge is -2.31. The molecule has 2 aromatic heterocycles. The number of rotatable bonds is 9. The van der Waals surface area contributed by atoms with Crippen LogP contribution in [0.25, 0.3) is 5.52 Å². The van der Waals surface area contributed by atoms with Gasteiger partial charge in [0.15, 0.2) is 0 Å². The predicted octanol–water partition coefficient (Wildman–Crippen LogP) is 4.28. The summed E-state index contributed by atoms with van der Waals surface area (Å²) in [5.41, 5.74) is 12.5. The van der Waals surface area contributed by atoms with Gasteiger partial charge >= 0.3 is 0 Å². The van der Waals surface area contributed by atoms with Crippen molar-refractivity contribution in [1.82, 2.24) is 15.1 Å². The first-order valence-electron chi connectivity index (χ1n) is 12.8. The summed E-state index contributed by atoms with van der Waals surface area (Å²) >= 11 is 0. The van der Waals surface area contributed by atoms with E-state index < -0.39 is 5.60 Å². The first-order valence-corrected chi connectivity index (χ1v) is 12.8. The summed E-state index contributed by atoms with van der Waals surface area (Å²) in [6.45, 7) is 8.29. The number of pyridine rings is 1. The van der Waals surface area contributed by atoms with E-state index >= 15 is 0 Å². The van der Waals surface area contributed by atoms with Gasteiger partial charge in [0, 0.05) is 24.1 Å². The molecule has 9 heteroatoms. The fraction of sp³-hybridized carbons (Fsp3) is 0.464. The van der Waals surface area contributed by atoms with Gasteiger partial charge < -0.3 is 15.8 Å². The van der Waals surface area contributed by atoms with Crippen molar-refractivity contribution in [2.75, 3.05) is 11.9 Å². The molecule has 0 bridgehead atoms. The number of ether oxygens (including phenoxy) is 1. The summed E-state index contributed by atoms with van der Waals surface area (Å²) in [6.07, 6.45) is 6.13. The van der Waals surface area contributed by atoms with Gasteiger partial charge in [0.2, 0.25) is 0 Å². The van der Waals surface area contributed by atoms with Gasteiger partial charge in [-0.05, 0) is 89.3 Å². The van der Waals surface area contributed by atoms with Crippen molar-refractivity contribution in [3.8, 4) is 11.8 Å². The Morgan fingerprint density at radius 1 is 1.27 bits per heavy atom. The average molecular weight is 505 g/mol. The SMILES string of the molecule is CCOc1ccc(C(=O)NOC(C)(C)Cc2c(C)c(NC3CCCC(N)C3)c(C#N)c3ccnn23)cc1. The largest absolute Gasteiger partial charge is 0.494 e. The van der Waals surface area contributed by atoms with Gasteiger partial charge in [0.1, 0.15) is 17.4 Å². The monoisotopic (exact) mass is 504 g/mol. The molecule has 4 rings (SSSR count). The molecule has 0 radical (unpaired) electrons. The first kappa shape index (κ1) is 26.5. The van der Waals surface area contributed by atoms with Crippen LogP contribution in [-0.4, -0.2) is 39.8 Å². The van der Waals surface area contributed by atoms with Crippen LogP contribution in [0.5, 0.6) is 5.75 Å². The van der Waals surface area contributed by atoms with Gasteiger partial charge in [0.25, 0.3) is 5.91 Å². The van der Waals surface area contributed by atoms with Crippen LogP contribution in [0.3, 0.4) is 0 Å². The lowest BCUT2D eigenvalue weighted by molar-refractivity contribution is -0.0705. The summed E-state index contributed by atoms with van der Waals surface area (Å²) in [7, 11) is 0. The zero-order valence-electron chi connectivity index (χ0n) is 22.0. The van der Waals surface area contributed by atoms with Gasteiger partial charge in [-0.2, -0.15) is 10.4 Å². The Morgan fingerprint density at radius 2 is 2.03 bits per heavy atom. The Morgan fingerprint density at radius 3 is 2.70 bits per heavy atom. The van der Waals surface area contributed by atoms with Crippen molar-refractivity contribution < 1.29 is 14.4 Å². The molecule has 0 aliphatic heterocycles. The van der Waals surface area contributed by atoms with Crippen LogP contribution in [-0.2, 0) is 11.3 Å². The molecule has 2 heterocycles. The van der Waals surface area contributed by atoms with E-state index in [1.807, 2.05) is 33.8 Å². The van der Waals surface area contributed by atoms with Gasteiger partial charge in [0.05, 0.1) is 35.3 Å². The summed E-state index contributed by atoms with van der Waals surface area (Å²) in [5, 5.41) is 18.2. The van der Waals surface area contributed by atoms with Crippen molar-refractivity contribution in [3.63, 3.8) is 0 Å². The summed E-state index contributed by atoms with van der Waals surface area (Å²) in [5.74, 6) is 0.368. The van der Waals surface area contributed by atoms with E-state index in [4.69, 9.17) is 15.3 Å². The fourth-order valence-corrected chi connectivity index (χ4v) is 4.94.